The summed E-state index contributed by atoms with van der Waals surface area (Å²) in [5, 5.41) is 6.00. The van der Waals surface area contributed by atoms with Gasteiger partial charge >= 0.3 is 6.09 Å². The molecule has 2 N–H and O–H groups in total. The first-order chi connectivity index (χ1) is 10.8. The van der Waals surface area contributed by atoms with Crippen molar-refractivity contribution < 1.29 is 14.3 Å². The molecule has 1 atom stereocenters. The molecule has 0 radical (unpaired) electrons. The monoisotopic (exact) mass is 350 g/mol. The topological polar surface area (TPSA) is 67.4 Å². The Morgan fingerprint density at radius 1 is 1.29 bits per heavy atom. The van der Waals surface area contributed by atoms with E-state index in [9.17, 15) is 9.59 Å². The molecule has 0 unspecified atom stereocenters. The lowest BCUT2D eigenvalue weighted by molar-refractivity contribution is -0.120. The Labute approximate surface area is 150 Å². The zero-order valence-corrected chi connectivity index (χ0v) is 15.4. The highest BCUT2D eigenvalue weighted by molar-refractivity contribution is 7.59. The van der Waals surface area contributed by atoms with Gasteiger partial charge in [0, 0.05) is 18.7 Å². The van der Waals surface area contributed by atoms with E-state index >= 15 is 0 Å². The molecule has 3 rings (SSSR count). The van der Waals surface area contributed by atoms with Crippen molar-refractivity contribution in [3.05, 3.63) is 29.3 Å². The first-order valence-electron chi connectivity index (χ1n) is 8.21. The van der Waals surface area contributed by atoms with Gasteiger partial charge in [-0.1, -0.05) is 12.1 Å². The number of carbonyl (C=O) groups is 2. The van der Waals surface area contributed by atoms with Crippen LogP contribution in [0.25, 0.3) is 0 Å². The van der Waals surface area contributed by atoms with E-state index < -0.39 is 17.7 Å². The van der Waals surface area contributed by atoms with Crippen LogP contribution in [-0.4, -0.2) is 30.1 Å². The molecule has 1 aliphatic carbocycles. The van der Waals surface area contributed by atoms with Crippen molar-refractivity contribution in [2.45, 2.75) is 57.6 Å². The minimum Gasteiger partial charge on any atom is -0.444 e. The second kappa shape index (κ2) is 7.05. The zero-order chi connectivity index (χ0) is 16.6. The Morgan fingerprint density at radius 3 is 2.62 bits per heavy atom. The lowest BCUT2D eigenvalue weighted by atomic mass is 9.96. The van der Waals surface area contributed by atoms with E-state index in [1.807, 2.05) is 12.1 Å². The van der Waals surface area contributed by atoms with E-state index in [-0.39, 0.29) is 19.3 Å². The van der Waals surface area contributed by atoms with Crippen LogP contribution >= 0.6 is 13.5 Å². The summed E-state index contributed by atoms with van der Waals surface area (Å²) >= 11 is 0. The van der Waals surface area contributed by atoms with Gasteiger partial charge in [-0.25, -0.2) is 4.79 Å². The minimum absolute atomic E-state index is 0. The molecule has 132 valence electrons. The fourth-order valence-corrected chi connectivity index (χ4v) is 2.95. The second-order valence-electron chi connectivity index (χ2n) is 7.37. The smallest absolute Gasteiger partial charge is 0.408 e. The predicted molar refractivity (Wildman–Crippen MR) is 99.2 cm³/mol. The summed E-state index contributed by atoms with van der Waals surface area (Å²) in [6.45, 7) is 5.80. The highest BCUT2D eigenvalue weighted by Gasteiger charge is 2.32. The maximum Gasteiger partial charge on any atom is 0.408 e. The molecule has 1 aliphatic heterocycles. The molecule has 1 amide bonds. The second-order valence-corrected chi connectivity index (χ2v) is 7.37. The van der Waals surface area contributed by atoms with E-state index in [2.05, 4.69) is 16.7 Å². The molecule has 24 heavy (non-hydrogen) atoms. The Hall–Kier alpha value is -1.69. The van der Waals surface area contributed by atoms with Crippen LogP contribution in [0.1, 0.15) is 50.7 Å². The van der Waals surface area contributed by atoms with Crippen LogP contribution < -0.4 is 10.6 Å². The number of hydrogen-bond donors (Lipinski definition) is 2. The molecule has 0 spiro atoms. The first-order valence-corrected chi connectivity index (χ1v) is 8.21. The molecule has 0 aromatic heterocycles. The maximum absolute atomic E-state index is 12.6. The first kappa shape index (κ1) is 18.6. The summed E-state index contributed by atoms with van der Waals surface area (Å²) in [7, 11) is 0. The largest absolute Gasteiger partial charge is 0.444 e. The SMILES string of the molecule is CC(C)(C)OC(=O)N[C@H]1CNc2cccc(C3CC3)c2CC1=O.S. The molecular weight excluding hydrogens is 324 g/mol. The Morgan fingerprint density at radius 2 is 2.00 bits per heavy atom. The molecule has 0 saturated heterocycles. The normalized spacial score (nSPS) is 20.1. The third-order valence-electron chi connectivity index (χ3n) is 4.16. The number of carbonyl (C=O) groups excluding carboxylic acids is 2. The summed E-state index contributed by atoms with van der Waals surface area (Å²) < 4.78 is 5.25. The standard InChI is InChI=1S/C18H24N2O3.H2S/c1-18(2,3)23-17(22)20-15-10-19-14-6-4-5-12(11-7-8-11)13(14)9-16(15)21;/h4-6,11,15,19H,7-10H2,1-3H3,(H,20,22);1H2/t15-;/m0./s1. The van der Waals surface area contributed by atoms with Crippen LogP contribution in [0.4, 0.5) is 10.5 Å². The van der Waals surface area contributed by atoms with Crippen molar-refractivity contribution in [2.24, 2.45) is 0 Å². The molecule has 1 fully saturated rings. The summed E-state index contributed by atoms with van der Waals surface area (Å²) in [5.41, 5.74) is 2.80. The maximum atomic E-state index is 12.6. The van der Waals surface area contributed by atoms with Crippen molar-refractivity contribution in [1.29, 1.82) is 0 Å². The Kier molecular flexibility index (Phi) is 5.48. The number of ketones is 1. The van der Waals surface area contributed by atoms with Gasteiger partial charge in [-0.05, 0) is 56.7 Å². The minimum atomic E-state index is -0.576. The fraction of sp³-hybridized carbons (Fsp3) is 0.556. The molecule has 2 aliphatic rings. The molecule has 5 nitrogen and oxygen atoms in total. The van der Waals surface area contributed by atoms with Gasteiger partial charge in [-0.15, -0.1) is 0 Å². The highest BCUT2D eigenvalue weighted by atomic mass is 32.1. The van der Waals surface area contributed by atoms with E-state index in [1.165, 1.54) is 18.4 Å². The third-order valence-corrected chi connectivity index (χ3v) is 4.16. The lowest BCUT2D eigenvalue weighted by Gasteiger charge is -2.22. The molecule has 1 aromatic rings. The van der Waals surface area contributed by atoms with Crippen LogP contribution in [-0.2, 0) is 16.0 Å². The van der Waals surface area contributed by atoms with Crippen molar-refractivity contribution in [3.8, 4) is 0 Å². The predicted octanol–water partition coefficient (Wildman–Crippen LogP) is 3.11. The highest BCUT2D eigenvalue weighted by Crippen LogP contribution is 2.43. The summed E-state index contributed by atoms with van der Waals surface area (Å²) in [5.74, 6) is 0.616. The number of nitrogens with one attached hydrogen (secondary N) is 2. The van der Waals surface area contributed by atoms with Crippen LogP contribution in [0.5, 0.6) is 0 Å². The molecule has 1 saturated carbocycles. The van der Waals surface area contributed by atoms with Gasteiger partial charge < -0.3 is 15.4 Å². The molecule has 6 heteroatoms. The van der Waals surface area contributed by atoms with E-state index in [1.54, 1.807) is 20.8 Å². The number of fused-ring (bicyclic) bond motifs is 1. The number of rotatable bonds is 2. The fourth-order valence-electron chi connectivity index (χ4n) is 2.95. The quantitative estimate of drug-likeness (QED) is 0.860. The number of amides is 1. The molecular formula is C18H26N2O3S. The van der Waals surface area contributed by atoms with Crippen LogP contribution in [0.2, 0.25) is 0 Å². The lowest BCUT2D eigenvalue weighted by Crippen LogP contribution is -2.46. The van der Waals surface area contributed by atoms with Crippen LogP contribution in [0.3, 0.4) is 0 Å². The van der Waals surface area contributed by atoms with Crippen molar-refractivity contribution in [1.82, 2.24) is 5.32 Å². The van der Waals surface area contributed by atoms with Gasteiger partial charge in [0.25, 0.3) is 0 Å². The zero-order valence-electron chi connectivity index (χ0n) is 14.4. The van der Waals surface area contributed by atoms with Gasteiger partial charge in [-0.2, -0.15) is 13.5 Å². The molecule has 0 bridgehead atoms. The van der Waals surface area contributed by atoms with E-state index in [0.29, 0.717) is 18.9 Å². The van der Waals surface area contributed by atoms with Gasteiger partial charge in [0.05, 0.1) is 0 Å². The average molecular weight is 350 g/mol. The number of Topliss-reactive ketones (excluding diaryl/α,β-unsaturated/α-hetero) is 1. The molecule has 1 heterocycles. The number of benzene rings is 1. The van der Waals surface area contributed by atoms with Gasteiger partial charge in [-0.3, -0.25) is 4.79 Å². The van der Waals surface area contributed by atoms with Gasteiger partial charge in [0.1, 0.15) is 11.6 Å². The Balaban J connectivity index is 0.00000208. The van der Waals surface area contributed by atoms with Crippen LogP contribution in [0.15, 0.2) is 18.2 Å². The third kappa shape index (κ3) is 4.44. The average Bonchev–Trinajstić information content (AvgIpc) is 3.26. The molecule has 1 aromatic carbocycles. The Bertz CT molecular complexity index is 636. The van der Waals surface area contributed by atoms with Crippen molar-refractivity contribution in [3.63, 3.8) is 0 Å². The number of ether oxygens (including phenoxy) is 1. The number of hydrogen-bond acceptors (Lipinski definition) is 4. The van der Waals surface area contributed by atoms with Crippen molar-refractivity contribution >= 4 is 31.1 Å². The van der Waals surface area contributed by atoms with Gasteiger partial charge in [0.15, 0.2) is 5.78 Å². The summed E-state index contributed by atoms with van der Waals surface area (Å²) in [6, 6.07) is 5.59. The summed E-state index contributed by atoms with van der Waals surface area (Å²) in [6.07, 6.45) is 2.20. The van der Waals surface area contributed by atoms with Gasteiger partial charge in [0.2, 0.25) is 0 Å². The van der Waals surface area contributed by atoms with Crippen molar-refractivity contribution in [2.75, 3.05) is 11.9 Å². The number of anilines is 1. The summed E-state index contributed by atoms with van der Waals surface area (Å²) in [4.78, 5) is 24.5. The number of alkyl carbamates (subject to hydrolysis) is 1. The van der Waals surface area contributed by atoms with Crippen LogP contribution in [0, 0.1) is 0 Å². The van der Waals surface area contributed by atoms with E-state index in [4.69, 9.17) is 4.74 Å². The van der Waals surface area contributed by atoms with E-state index in [0.717, 1.165) is 11.3 Å².